The second-order valence-electron chi connectivity index (χ2n) is 5.30. The highest BCUT2D eigenvalue weighted by Crippen LogP contribution is 2.28. The third-order valence-electron chi connectivity index (χ3n) is 3.54. The van der Waals surface area contributed by atoms with E-state index in [4.69, 9.17) is 23.2 Å². The second kappa shape index (κ2) is 9.79. The molecular formula is C14H20Cl3N3O3S. The summed E-state index contributed by atoms with van der Waals surface area (Å²) < 4.78 is 26.7. The molecule has 2 rings (SSSR count). The van der Waals surface area contributed by atoms with E-state index >= 15 is 0 Å². The molecule has 0 aliphatic carbocycles. The molecule has 0 spiro atoms. The van der Waals surface area contributed by atoms with E-state index in [-0.39, 0.29) is 46.2 Å². The van der Waals surface area contributed by atoms with Crippen LogP contribution in [0.3, 0.4) is 0 Å². The minimum absolute atomic E-state index is 0. The monoisotopic (exact) mass is 415 g/mol. The van der Waals surface area contributed by atoms with Crippen LogP contribution in [0.15, 0.2) is 23.1 Å². The molecule has 10 heteroatoms. The SMILES string of the molecule is Cl.O=C(CCNS(=O)(=O)c1c(Cl)cccc1Cl)NCC1CCCN1. The summed E-state index contributed by atoms with van der Waals surface area (Å²) in [5.74, 6) is -0.202. The molecule has 1 aliphatic heterocycles. The molecule has 3 N–H and O–H groups in total. The first kappa shape index (κ1) is 21.5. The Morgan fingerprint density at radius 1 is 1.29 bits per heavy atom. The molecule has 0 bridgehead atoms. The van der Waals surface area contributed by atoms with Gasteiger partial charge in [0.25, 0.3) is 0 Å². The lowest BCUT2D eigenvalue weighted by Crippen LogP contribution is -2.38. The van der Waals surface area contributed by atoms with E-state index in [9.17, 15) is 13.2 Å². The van der Waals surface area contributed by atoms with Crippen molar-refractivity contribution in [3.63, 3.8) is 0 Å². The zero-order chi connectivity index (χ0) is 16.9. The predicted molar refractivity (Wildman–Crippen MR) is 97.5 cm³/mol. The van der Waals surface area contributed by atoms with Gasteiger partial charge in [0.05, 0.1) is 10.0 Å². The molecular weight excluding hydrogens is 397 g/mol. The summed E-state index contributed by atoms with van der Waals surface area (Å²) in [6, 6.07) is 4.76. The van der Waals surface area contributed by atoms with E-state index in [1.54, 1.807) is 6.07 Å². The van der Waals surface area contributed by atoms with Gasteiger partial charge in [-0.05, 0) is 31.5 Å². The number of benzene rings is 1. The fraction of sp³-hybridized carbons (Fsp3) is 0.500. The Bertz CT molecular complexity index is 644. The maximum absolute atomic E-state index is 12.2. The van der Waals surface area contributed by atoms with Crippen LogP contribution in [0.2, 0.25) is 10.0 Å². The van der Waals surface area contributed by atoms with Crippen LogP contribution in [0.4, 0.5) is 0 Å². The van der Waals surface area contributed by atoms with Gasteiger partial charge in [-0.2, -0.15) is 0 Å². The van der Waals surface area contributed by atoms with Gasteiger partial charge in [0.15, 0.2) is 0 Å². The summed E-state index contributed by atoms with van der Waals surface area (Å²) in [4.78, 5) is 11.6. The Labute approximate surface area is 158 Å². The van der Waals surface area contributed by atoms with E-state index in [1.165, 1.54) is 12.1 Å². The van der Waals surface area contributed by atoms with Crippen molar-refractivity contribution in [2.45, 2.75) is 30.2 Å². The zero-order valence-electron chi connectivity index (χ0n) is 12.8. The van der Waals surface area contributed by atoms with Crippen LogP contribution in [0.25, 0.3) is 0 Å². The number of hydrogen-bond donors (Lipinski definition) is 3. The van der Waals surface area contributed by atoms with Crippen molar-refractivity contribution in [2.75, 3.05) is 19.6 Å². The number of nitrogens with one attached hydrogen (secondary N) is 3. The minimum atomic E-state index is -3.85. The molecule has 0 saturated carbocycles. The van der Waals surface area contributed by atoms with E-state index in [1.807, 2.05) is 0 Å². The van der Waals surface area contributed by atoms with Crippen LogP contribution in [-0.4, -0.2) is 40.0 Å². The Morgan fingerprint density at radius 2 is 1.96 bits per heavy atom. The summed E-state index contributed by atoms with van der Waals surface area (Å²) in [5.41, 5.74) is 0. The summed E-state index contributed by atoms with van der Waals surface area (Å²) in [6.45, 7) is 1.51. The fourth-order valence-electron chi connectivity index (χ4n) is 2.37. The fourth-order valence-corrected chi connectivity index (χ4v) is 4.54. The van der Waals surface area contributed by atoms with E-state index < -0.39 is 10.0 Å². The molecule has 0 radical (unpaired) electrons. The first-order valence-electron chi connectivity index (χ1n) is 7.34. The number of carbonyl (C=O) groups excluding carboxylic acids is 1. The van der Waals surface area contributed by atoms with Gasteiger partial charge in [-0.25, -0.2) is 13.1 Å². The molecule has 136 valence electrons. The zero-order valence-corrected chi connectivity index (χ0v) is 16.0. The number of sulfonamides is 1. The normalized spacial score (nSPS) is 17.3. The van der Waals surface area contributed by atoms with Gasteiger partial charge in [-0.1, -0.05) is 29.3 Å². The number of amides is 1. The third kappa shape index (κ3) is 6.06. The molecule has 1 atom stereocenters. The van der Waals surface area contributed by atoms with E-state index in [0.29, 0.717) is 12.6 Å². The first-order valence-corrected chi connectivity index (χ1v) is 9.58. The lowest BCUT2D eigenvalue weighted by Gasteiger charge is -2.12. The Kier molecular flexibility index (Phi) is 8.76. The van der Waals surface area contributed by atoms with Crippen LogP contribution in [-0.2, 0) is 14.8 Å². The Balaban J connectivity index is 0.00000288. The quantitative estimate of drug-likeness (QED) is 0.634. The maximum Gasteiger partial charge on any atom is 0.243 e. The molecule has 1 amide bonds. The smallest absolute Gasteiger partial charge is 0.243 e. The van der Waals surface area contributed by atoms with Gasteiger partial charge >= 0.3 is 0 Å². The van der Waals surface area contributed by atoms with Gasteiger partial charge in [0.1, 0.15) is 4.90 Å². The van der Waals surface area contributed by atoms with Crippen LogP contribution in [0.1, 0.15) is 19.3 Å². The molecule has 1 saturated heterocycles. The maximum atomic E-state index is 12.2. The van der Waals surface area contributed by atoms with Crippen molar-refractivity contribution in [1.29, 1.82) is 0 Å². The summed E-state index contributed by atoms with van der Waals surface area (Å²) in [7, 11) is -3.85. The lowest BCUT2D eigenvalue weighted by atomic mass is 10.2. The topological polar surface area (TPSA) is 87.3 Å². The van der Waals surface area contributed by atoms with Crippen LogP contribution >= 0.6 is 35.6 Å². The minimum Gasteiger partial charge on any atom is -0.354 e. The van der Waals surface area contributed by atoms with Crippen molar-refractivity contribution in [3.8, 4) is 0 Å². The van der Waals surface area contributed by atoms with Crippen molar-refractivity contribution >= 4 is 51.5 Å². The number of rotatable bonds is 7. The van der Waals surface area contributed by atoms with Gasteiger partial charge in [-0.3, -0.25) is 4.79 Å². The lowest BCUT2D eigenvalue weighted by molar-refractivity contribution is -0.121. The molecule has 1 aromatic carbocycles. The van der Waals surface area contributed by atoms with Crippen molar-refractivity contribution < 1.29 is 13.2 Å². The highest BCUT2D eigenvalue weighted by atomic mass is 35.5. The van der Waals surface area contributed by atoms with Crippen LogP contribution in [0, 0.1) is 0 Å². The Morgan fingerprint density at radius 3 is 2.54 bits per heavy atom. The Hall–Kier alpha value is -0.570. The average Bonchev–Trinajstić information content (AvgIpc) is 2.97. The first-order chi connectivity index (χ1) is 10.9. The summed E-state index contributed by atoms with van der Waals surface area (Å²) in [6.07, 6.45) is 2.20. The van der Waals surface area contributed by atoms with Gasteiger partial charge in [-0.15, -0.1) is 12.4 Å². The molecule has 6 nitrogen and oxygen atoms in total. The molecule has 24 heavy (non-hydrogen) atoms. The van der Waals surface area contributed by atoms with Gasteiger partial charge in [0, 0.05) is 25.6 Å². The number of halogens is 3. The molecule has 1 fully saturated rings. The second-order valence-corrected chi connectivity index (χ2v) is 7.81. The van der Waals surface area contributed by atoms with Crippen molar-refractivity contribution in [1.82, 2.24) is 15.4 Å². The van der Waals surface area contributed by atoms with Gasteiger partial charge < -0.3 is 10.6 Å². The summed E-state index contributed by atoms with van der Waals surface area (Å²) >= 11 is 11.8. The average molecular weight is 417 g/mol. The molecule has 1 aromatic rings. The number of hydrogen-bond acceptors (Lipinski definition) is 4. The van der Waals surface area contributed by atoms with Crippen molar-refractivity contribution in [3.05, 3.63) is 28.2 Å². The van der Waals surface area contributed by atoms with Crippen LogP contribution in [0.5, 0.6) is 0 Å². The highest BCUT2D eigenvalue weighted by Gasteiger charge is 2.21. The molecule has 1 aliphatic rings. The highest BCUT2D eigenvalue weighted by molar-refractivity contribution is 7.89. The number of carbonyl (C=O) groups is 1. The van der Waals surface area contributed by atoms with Crippen molar-refractivity contribution in [2.24, 2.45) is 0 Å². The summed E-state index contributed by atoms with van der Waals surface area (Å²) in [5, 5.41) is 6.14. The molecule has 1 unspecified atom stereocenters. The van der Waals surface area contributed by atoms with E-state index in [2.05, 4.69) is 15.4 Å². The molecule has 1 heterocycles. The standard InChI is InChI=1S/C14H19Cl2N3O3S.ClH/c15-11-4-1-5-12(16)14(11)23(21,22)19-8-6-13(20)18-9-10-3-2-7-17-10;/h1,4-5,10,17,19H,2-3,6-9H2,(H,18,20);1H. The van der Waals surface area contributed by atoms with Crippen LogP contribution < -0.4 is 15.4 Å². The largest absolute Gasteiger partial charge is 0.354 e. The van der Waals surface area contributed by atoms with E-state index in [0.717, 1.165) is 19.4 Å². The predicted octanol–water partition coefficient (Wildman–Crippen LogP) is 1.95. The third-order valence-corrected chi connectivity index (χ3v) is 5.96. The molecule has 0 aromatic heterocycles. The van der Waals surface area contributed by atoms with Gasteiger partial charge in [0.2, 0.25) is 15.9 Å².